The predicted molar refractivity (Wildman–Crippen MR) is 50.0 cm³/mol. The second-order valence-corrected chi connectivity index (χ2v) is 4.12. The summed E-state index contributed by atoms with van der Waals surface area (Å²) in [7, 11) is 0. The molecule has 0 unspecified atom stereocenters. The van der Waals surface area contributed by atoms with Crippen LogP contribution in [0.1, 0.15) is 27.2 Å². The Hall–Kier alpha value is -0.120. The number of aliphatic hydroxyl groups excluding tert-OH is 2. The molecule has 0 aliphatic heterocycles. The molecule has 0 rings (SSSR count). The Labute approximate surface area is 74.8 Å². The molecule has 0 amide bonds. The number of hydrogen-bond donors (Lipinski definition) is 3. The molecule has 1 atom stereocenters. The van der Waals surface area contributed by atoms with Gasteiger partial charge in [-0.3, -0.25) is 0 Å². The van der Waals surface area contributed by atoms with Gasteiger partial charge in [0.1, 0.15) is 0 Å². The van der Waals surface area contributed by atoms with E-state index in [1.54, 1.807) is 6.92 Å². The lowest BCUT2D eigenvalue weighted by molar-refractivity contribution is 0.173. The van der Waals surface area contributed by atoms with Gasteiger partial charge in [-0.15, -0.1) is 0 Å². The maximum Gasteiger partial charge on any atom is 0.0636 e. The van der Waals surface area contributed by atoms with Crippen molar-refractivity contribution >= 4 is 0 Å². The zero-order valence-electron chi connectivity index (χ0n) is 8.30. The molecule has 0 aliphatic rings. The van der Waals surface area contributed by atoms with Gasteiger partial charge in [-0.1, -0.05) is 13.8 Å². The summed E-state index contributed by atoms with van der Waals surface area (Å²) in [6, 6.07) is 0. The Morgan fingerprint density at radius 3 is 2.42 bits per heavy atom. The summed E-state index contributed by atoms with van der Waals surface area (Å²) in [6.45, 7) is 7.62. The number of hydrogen-bond acceptors (Lipinski definition) is 3. The zero-order valence-corrected chi connectivity index (χ0v) is 8.30. The van der Waals surface area contributed by atoms with Crippen LogP contribution in [0.15, 0.2) is 0 Å². The summed E-state index contributed by atoms with van der Waals surface area (Å²) in [5, 5.41) is 20.8. The quantitative estimate of drug-likeness (QED) is 0.546. The fourth-order valence-corrected chi connectivity index (χ4v) is 1.01. The number of nitrogens with one attached hydrogen (secondary N) is 1. The van der Waals surface area contributed by atoms with Crippen LogP contribution >= 0.6 is 0 Å². The van der Waals surface area contributed by atoms with Crippen LogP contribution in [0.4, 0.5) is 0 Å². The molecule has 0 saturated carbocycles. The van der Waals surface area contributed by atoms with E-state index in [9.17, 15) is 0 Å². The van der Waals surface area contributed by atoms with Crippen molar-refractivity contribution in [3.8, 4) is 0 Å². The first-order valence-electron chi connectivity index (χ1n) is 4.47. The summed E-state index contributed by atoms with van der Waals surface area (Å²) in [5.41, 5.74) is 0.115. The minimum absolute atomic E-state index is 0.115. The van der Waals surface area contributed by atoms with E-state index in [1.165, 1.54) is 0 Å². The van der Waals surface area contributed by atoms with Crippen LogP contribution in [0.5, 0.6) is 0 Å². The first kappa shape index (κ1) is 11.9. The minimum Gasteiger partial charge on any atom is -0.396 e. The van der Waals surface area contributed by atoms with Crippen molar-refractivity contribution in [3.05, 3.63) is 0 Å². The molecular formula is C9H21NO2. The van der Waals surface area contributed by atoms with Crippen molar-refractivity contribution < 1.29 is 10.2 Å². The third-order valence-electron chi connectivity index (χ3n) is 1.83. The van der Waals surface area contributed by atoms with Crippen LogP contribution in [0.3, 0.4) is 0 Å². The third-order valence-corrected chi connectivity index (χ3v) is 1.83. The van der Waals surface area contributed by atoms with Gasteiger partial charge < -0.3 is 15.5 Å². The molecule has 0 aliphatic carbocycles. The highest BCUT2D eigenvalue weighted by molar-refractivity contribution is 4.71. The van der Waals surface area contributed by atoms with E-state index in [4.69, 9.17) is 10.2 Å². The Morgan fingerprint density at radius 1 is 1.42 bits per heavy atom. The molecule has 0 spiro atoms. The van der Waals surface area contributed by atoms with Crippen LogP contribution in [0.2, 0.25) is 0 Å². The second-order valence-electron chi connectivity index (χ2n) is 4.12. The first-order chi connectivity index (χ1) is 5.48. The Morgan fingerprint density at radius 2 is 2.00 bits per heavy atom. The smallest absolute Gasteiger partial charge is 0.0636 e. The summed E-state index contributed by atoms with van der Waals surface area (Å²) < 4.78 is 0. The molecule has 3 heteroatoms. The monoisotopic (exact) mass is 175 g/mol. The van der Waals surface area contributed by atoms with Crippen LogP contribution in [0.25, 0.3) is 0 Å². The highest BCUT2D eigenvalue weighted by Crippen LogP contribution is 2.17. The van der Waals surface area contributed by atoms with Gasteiger partial charge in [0.15, 0.2) is 0 Å². The SMILES string of the molecule is C[C@@H](O)CNCC(C)(C)CCO. The van der Waals surface area contributed by atoms with Gasteiger partial charge in [0.25, 0.3) is 0 Å². The molecule has 0 bridgehead atoms. The molecule has 0 radical (unpaired) electrons. The van der Waals surface area contributed by atoms with E-state index in [0.29, 0.717) is 6.54 Å². The third kappa shape index (κ3) is 6.58. The lowest BCUT2D eigenvalue weighted by atomic mass is 9.90. The molecule has 0 heterocycles. The van der Waals surface area contributed by atoms with Crippen molar-refractivity contribution in [1.29, 1.82) is 0 Å². The molecule has 74 valence electrons. The maximum atomic E-state index is 8.97. The second kappa shape index (κ2) is 5.51. The van der Waals surface area contributed by atoms with Crippen molar-refractivity contribution in [2.24, 2.45) is 5.41 Å². The van der Waals surface area contributed by atoms with Gasteiger partial charge in [0, 0.05) is 19.7 Å². The normalized spacial score (nSPS) is 14.8. The molecule has 0 saturated heterocycles. The van der Waals surface area contributed by atoms with E-state index in [0.717, 1.165) is 13.0 Å². The minimum atomic E-state index is -0.296. The van der Waals surface area contributed by atoms with E-state index in [1.807, 2.05) is 0 Å². The van der Waals surface area contributed by atoms with Gasteiger partial charge >= 0.3 is 0 Å². The van der Waals surface area contributed by atoms with E-state index in [2.05, 4.69) is 19.2 Å². The fourth-order valence-electron chi connectivity index (χ4n) is 1.01. The molecule has 3 N–H and O–H groups in total. The summed E-state index contributed by atoms with van der Waals surface area (Å²) >= 11 is 0. The lowest BCUT2D eigenvalue weighted by Gasteiger charge is -2.24. The van der Waals surface area contributed by atoms with Crippen LogP contribution in [0, 0.1) is 5.41 Å². The van der Waals surface area contributed by atoms with Crippen LogP contribution in [-0.4, -0.2) is 36.0 Å². The Kier molecular flexibility index (Phi) is 5.46. The molecule has 0 aromatic carbocycles. The largest absolute Gasteiger partial charge is 0.396 e. The lowest BCUT2D eigenvalue weighted by Crippen LogP contribution is -2.34. The zero-order chi connectivity index (χ0) is 9.61. The molecule has 3 nitrogen and oxygen atoms in total. The average Bonchev–Trinajstić information content (AvgIpc) is 1.85. The first-order valence-corrected chi connectivity index (χ1v) is 4.47. The van der Waals surface area contributed by atoms with Gasteiger partial charge in [-0.25, -0.2) is 0 Å². The maximum absolute atomic E-state index is 8.97. The van der Waals surface area contributed by atoms with Gasteiger partial charge in [-0.2, -0.15) is 0 Å². The van der Waals surface area contributed by atoms with Crippen molar-refractivity contribution in [1.82, 2.24) is 5.32 Å². The molecule has 0 aromatic rings. The topological polar surface area (TPSA) is 52.5 Å². The Bertz CT molecular complexity index is 113. The number of aliphatic hydroxyl groups is 2. The van der Waals surface area contributed by atoms with Gasteiger partial charge in [0.05, 0.1) is 6.10 Å². The Balaban J connectivity index is 3.46. The highest BCUT2D eigenvalue weighted by Gasteiger charge is 2.16. The van der Waals surface area contributed by atoms with E-state index >= 15 is 0 Å². The van der Waals surface area contributed by atoms with Crippen LogP contribution < -0.4 is 5.32 Å². The molecule has 12 heavy (non-hydrogen) atoms. The average molecular weight is 175 g/mol. The summed E-state index contributed by atoms with van der Waals surface area (Å²) in [6.07, 6.45) is 0.495. The predicted octanol–water partition coefficient (Wildman–Crippen LogP) is 0.365. The van der Waals surface area contributed by atoms with Crippen molar-refractivity contribution in [3.63, 3.8) is 0 Å². The fraction of sp³-hybridized carbons (Fsp3) is 1.00. The molecular weight excluding hydrogens is 154 g/mol. The highest BCUT2D eigenvalue weighted by atomic mass is 16.3. The van der Waals surface area contributed by atoms with E-state index < -0.39 is 0 Å². The van der Waals surface area contributed by atoms with Crippen molar-refractivity contribution in [2.75, 3.05) is 19.7 Å². The van der Waals surface area contributed by atoms with E-state index in [-0.39, 0.29) is 18.1 Å². The molecule has 0 fully saturated rings. The van der Waals surface area contributed by atoms with Gasteiger partial charge in [0.2, 0.25) is 0 Å². The number of rotatable bonds is 6. The summed E-state index contributed by atoms with van der Waals surface area (Å²) in [4.78, 5) is 0. The summed E-state index contributed by atoms with van der Waals surface area (Å²) in [5.74, 6) is 0. The standard InChI is InChI=1S/C9H21NO2/c1-8(12)6-10-7-9(2,3)4-5-11/h8,10-12H,4-7H2,1-3H3/t8-/m1/s1. The van der Waals surface area contributed by atoms with Crippen molar-refractivity contribution in [2.45, 2.75) is 33.3 Å². The molecule has 0 aromatic heterocycles. The van der Waals surface area contributed by atoms with Gasteiger partial charge in [-0.05, 0) is 18.8 Å². The van der Waals surface area contributed by atoms with Crippen LogP contribution in [-0.2, 0) is 0 Å².